The number of anilines is 1. The molecular formula is C22H22FN3O4. The molecule has 0 bridgehead atoms. The number of Topliss-reactive ketones (excluding diaryl/α,β-unsaturated/α-hetero) is 1. The first-order chi connectivity index (χ1) is 14.3. The van der Waals surface area contributed by atoms with Crippen LogP contribution in [0.2, 0.25) is 0 Å². The van der Waals surface area contributed by atoms with Gasteiger partial charge in [0, 0.05) is 12.6 Å². The number of imide groups is 1. The monoisotopic (exact) mass is 411 g/mol. The fourth-order valence-electron chi connectivity index (χ4n) is 3.63. The van der Waals surface area contributed by atoms with E-state index < -0.39 is 35.6 Å². The van der Waals surface area contributed by atoms with E-state index in [-0.39, 0.29) is 17.2 Å². The molecule has 2 N–H and O–H groups in total. The third kappa shape index (κ3) is 3.94. The number of amides is 4. The molecule has 1 fully saturated rings. The Labute approximate surface area is 173 Å². The van der Waals surface area contributed by atoms with E-state index in [9.17, 15) is 23.6 Å². The first-order valence-electron chi connectivity index (χ1n) is 9.58. The molecule has 4 amide bonds. The lowest BCUT2D eigenvalue weighted by Gasteiger charge is -2.26. The zero-order valence-electron chi connectivity index (χ0n) is 16.7. The Morgan fingerprint density at radius 1 is 1.13 bits per heavy atom. The second-order valence-electron chi connectivity index (χ2n) is 7.14. The highest BCUT2D eigenvalue weighted by Crippen LogP contribution is 2.33. The first kappa shape index (κ1) is 21.2. The number of benzene rings is 2. The molecule has 7 nitrogen and oxygen atoms in total. The summed E-state index contributed by atoms with van der Waals surface area (Å²) in [5.41, 5.74) is -0.678. The summed E-state index contributed by atoms with van der Waals surface area (Å²) in [6.45, 7) is 2.59. The molecule has 156 valence electrons. The average Bonchev–Trinajstić information content (AvgIpc) is 2.93. The summed E-state index contributed by atoms with van der Waals surface area (Å²) < 4.78 is 14.4. The summed E-state index contributed by atoms with van der Waals surface area (Å²) in [6.07, 6.45) is 0.994. The van der Waals surface area contributed by atoms with Gasteiger partial charge in [0.2, 0.25) is 5.91 Å². The van der Waals surface area contributed by atoms with E-state index in [4.69, 9.17) is 0 Å². The molecule has 1 atom stereocenters. The van der Waals surface area contributed by atoms with Gasteiger partial charge in [-0.3, -0.25) is 19.3 Å². The van der Waals surface area contributed by atoms with Crippen LogP contribution in [0.5, 0.6) is 0 Å². The molecule has 3 rings (SSSR count). The molecule has 0 saturated carbocycles. The highest BCUT2D eigenvalue weighted by atomic mass is 19.1. The Kier molecular flexibility index (Phi) is 5.96. The van der Waals surface area contributed by atoms with E-state index in [0.29, 0.717) is 18.4 Å². The quantitative estimate of drug-likeness (QED) is 0.540. The van der Waals surface area contributed by atoms with Crippen LogP contribution >= 0.6 is 0 Å². The van der Waals surface area contributed by atoms with Crippen LogP contribution in [0.25, 0.3) is 0 Å². The molecule has 1 aliphatic heterocycles. The topological polar surface area (TPSA) is 95.6 Å². The molecule has 8 heteroatoms. The van der Waals surface area contributed by atoms with Crippen LogP contribution in [-0.2, 0) is 15.1 Å². The molecule has 0 spiro atoms. The van der Waals surface area contributed by atoms with Gasteiger partial charge in [-0.1, -0.05) is 43.7 Å². The van der Waals surface area contributed by atoms with Crippen LogP contribution in [0.3, 0.4) is 0 Å². The van der Waals surface area contributed by atoms with Gasteiger partial charge in [-0.15, -0.1) is 0 Å². The lowest BCUT2D eigenvalue weighted by atomic mass is 9.85. The van der Waals surface area contributed by atoms with Gasteiger partial charge in [0.15, 0.2) is 5.78 Å². The predicted octanol–water partition coefficient (Wildman–Crippen LogP) is 3.21. The van der Waals surface area contributed by atoms with E-state index in [1.807, 2.05) is 6.92 Å². The summed E-state index contributed by atoms with van der Waals surface area (Å²) in [4.78, 5) is 50.3. The summed E-state index contributed by atoms with van der Waals surface area (Å²) in [5.74, 6) is -2.47. The summed E-state index contributed by atoms with van der Waals surface area (Å²) in [6, 6.07) is 11.8. The molecule has 2 aromatic carbocycles. The Morgan fingerprint density at radius 2 is 1.83 bits per heavy atom. The van der Waals surface area contributed by atoms with E-state index in [1.165, 1.54) is 19.1 Å². The maximum atomic E-state index is 14.4. The SMILES string of the molecule is CCC[C@]1(c2ccccc2)NC(=O)N(CC(=O)c2ccc(NC(C)=O)cc2F)C1=O. The van der Waals surface area contributed by atoms with E-state index >= 15 is 0 Å². The highest BCUT2D eigenvalue weighted by molar-refractivity contribution is 6.11. The van der Waals surface area contributed by atoms with Crippen LogP contribution in [0, 0.1) is 5.82 Å². The summed E-state index contributed by atoms with van der Waals surface area (Å²) in [5, 5.41) is 5.15. The maximum Gasteiger partial charge on any atom is 0.325 e. The smallest absolute Gasteiger partial charge is 0.325 e. The number of urea groups is 1. The number of rotatable bonds is 7. The van der Waals surface area contributed by atoms with Gasteiger partial charge in [0.25, 0.3) is 5.91 Å². The minimum absolute atomic E-state index is 0.206. The lowest BCUT2D eigenvalue weighted by Crippen LogP contribution is -2.44. The number of carbonyl (C=O) groups is 4. The molecule has 1 aliphatic rings. The second kappa shape index (κ2) is 8.44. The fraction of sp³-hybridized carbons (Fsp3) is 0.273. The summed E-state index contributed by atoms with van der Waals surface area (Å²) >= 11 is 0. The van der Waals surface area contributed by atoms with Gasteiger partial charge >= 0.3 is 6.03 Å². The number of nitrogens with one attached hydrogen (secondary N) is 2. The molecule has 2 aromatic rings. The average molecular weight is 411 g/mol. The van der Waals surface area contributed by atoms with Crippen LogP contribution in [0.15, 0.2) is 48.5 Å². The molecule has 0 radical (unpaired) electrons. The molecule has 0 aromatic heterocycles. The third-order valence-corrected chi connectivity index (χ3v) is 4.96. The van der Waals surface area contributed by atoms with E-state index in [2.05, 4.69) is 10.6 Å². The molecule has 0 aliphatic carbocycles. The zero-order valence-corrected chi connectivity index (χ0v) is 16.7. The van der Waals surface area contributed by atoms with Crippen molar-refractivity contribution in [2.24, 2.45) is 0 Å². The zero-order chi connectivity index (χ0) is 21.9. The third-order valence-electron chi connectivity index (χ3n) is 4.96. The molecule has 1 heterocycles. The highest BCUT2D eigenvalue weighted by Gasteiger charge is 2.52. The number of nitrogens with zero attached hydrogens (tertiary/aromatic N) is 1. The van der Waals surface area contributed by atoms with Crippen LogP contribution < -0.4 is 10.6 Å². The Morgan fingerprint density at radius 3 is 2.43 bits per heavy atom. The van der Waals surface area contributed by atoms with Crippen molar-refractivity contribution in [1.29, 1.82) is 0 Å². The van der Waals surface area contributed by atoms with Crippen molar-refractivity contribution in [1.82, 2.24) is 10.2 Å². The maximum absolute atomic E-state index is 14.4. The number of halogens is 1. The number of hydrogen-bond acceptors (Lipinski definition) is 4. The van der Waals surface area contributed by atoms with Gasteiger partial charge in [0.05, 0.1) is 12.1 Å². The number of hydrogen-bond donors (Lipinski definition) is 2. The fourth-order valence-corrected chi connectivity index (χ4v) is 3.63. The van der Waals surface area contributed by atoms with Crippen molar-refractivity contribution in [2.75, 3.05) is 11.9 Å². The lowest BCUT2D eigenvalue weighted by molar-refractivity contribution is -0.131. The van der Waals surface area contributed by atoms with Crippen LogP contribution in [0.1, 0.15) is 42.6 Å². The van der Waals surface area contributed by atoms with Crippen molar-refractivity contribution >= 4 is 29.3 Å². The minimum atomic E-state index is -1.25. The Balaban J connectivity index is 1.85. The Bertz CT molecular complexity index is 1010. The number of carbonyl (C=O) groups excluding carboxylic acids is 4. The molecule has 1 saturated heterocycles. The molecular weight excluding hydrogens is 389 g/mol. The van der Waals surface area contributed by atoms with E-state index in [0.717, 1.165) is 11.0 Å². The van der Waals surface area contributed by atoms with Gasteiger partial charge in [-0.05, 0) is 30.2 Å². The standard InChI is InChI=1S/C22H22FN3O4/c1-3-11-22(15-7-5-4-6-8-15)20(29)26(21(30)25-22)13-19(28)17-10-9-16(12-18(17)23)24-14(2)27/h4-10,12H,3,11,13H2,1-2H3,(H,24,27)(H,25,30)/t22-/m1/s1. The largest absolute Gasteiger partial charge is 0.326 e. The van der Waals surface area contributed by atoms with Crippen molar-refractivity contribution in [3.63, 3.8) is 0 Å². The second-order valence-corrected chi connectivity index (χ2v) is 7.14. The predicted molar refractivity (Wildman–Crippen MR) is 108 cm³/mol. The van der Waals surface area contributed by atoms with Crippen molar-refractivity contribution in [3.8, 4) is 0 Å². The molecule has 0 unspecified atom stereocenters. The van der Waals surface area contributed by atoms with Crippen molar-refractivity contribution < 1.29 is 23.6 Å². The number of ketones is 1. The normalized spacial score (nSPS) is 18.3. The van der Waals surface area contributed by atoms with Crippen molar-refractivity contribution in [3.05, 3.63) is 65.5 Å². The van der Waals surface area contributed by atoms with Crippen LogP contribution in [0.4, 0.5) is 14.9 Å². The molecule has 30 heavy (non-hydrogen) atoms. The van der Waals surface area contributed by atoms with Gasteiger partial charge < -0.3 is 10.6 Å². The summed E-state index contributed by atoms with van der Waals surface area (Å²) in [7, 11) is 0. The van der Waals surface area contributed by atoms with Gasteiger partial charge in [-0.2, -0.15) is 0 Å². The first-order valence-corrected chi connectivity index (χ1v) is 9.58. The van der Waals surface area contributed by atoms with Gasteiger partial charge in [0.1, 0.15) is 11.4 Å². The van der Waals surface area contributed by atoms with Crippen molar-refractivity contribution in [2.45, 2.75) is 32.2 Å². The van der Waals surface area contributed by atoms with E-state index in [1.54, 1.807) is 30.3 Å². The van der Waals surface area contributed by atoms with Gasteiger partial charge in [-0.25, -0.2) is 9.18 Å². The minimum Gasteiger partial charge on any atom is -0.326 e. The van der Waals surface area contributed by atoms with Crippen LogP contribution in [-0.4, -0.2) is 35.1 Å². The Hall–Kier alpha value is -3.55.